The molecule has 18 nitrogen and oxygen atoms in total. The number of hydrogen-bond acceptors (Lipinski definition) is 6. The third-order valence-electron chi connectivity index (χ3n) is 26.2. The zero-order valence-electron chi connectivity index (χ0n) is 77.5. The molecule has 2 aliphatic rings. The van der Waals surface area contributed by atoms with Crippen LogP contribution in [-0.4, -0.2) is 44.8 Å². The minimum Gasteiger partial charge on any atom is -0.429 e. The number of pyridine rings is 8. The van der Waals surface area contributed by atoms with E-state index in [4.69, 9.17) is 29.0 Å². The van der Waals surface area contributed by atoms with Crippen molar-refractivity contribution >= 4 is 127 Å². The van der Waals surface area contributed by atoms with E-state index >= 15 is 0 Å². The molecule has 0 aliphatic heterocycles. The first-order chi connectivity index (χ1) is 65.9. The van der Waals surface area contributed by atoms with Gasteiger partial charge in [-0.1, -0.05) is 189 Å². The summed E-state index contributed by atoms with van der Waals surface area (Å²) in [7, 11) is -8.06. The molecule has 1 fully saturated rings. The first-order valence-corrected chi connectivity index (χ1v) is 48.9. The van der Waals surface area contributed by atoms with Crippen molar-refractivity contribution < 1.29 is 84.3 Å². The second-order valence-corrected chi connectivity index (χ2v) is 38.0. The first-order valence-electron chi connectivity index (χ1n) is 45.3. The Morgan fingerprint density at radius 2 is 0.490 bits per heavy atom. The zero-order valence-corrected chi connectivity index (χ0v) is 85.8. The fourth-order valence-electron chi connectivity index (χ4n) is 18.9. The molecule has 0 spiro atoms. The predicted molar refractivity (Wildman–Crippen MR) is 576 cm³/mol. The number of ether oxygens (including phenoxy) is 2. The van der Waals surface area contributed by atoms with Crippen LogP contribution in [0.3, 0.4) is 0 Å². The van der Waals surface area contributed by atoms with Crippen molar-refractivity contribution in [3.63, 3.8) is 0 Å². The van der Waals surface area contributed by atoms with E-state index in [1.807, 2.05) is 73.3 Å². The van der Waals surface area contributed by atoms with Crippen LogP contribution in [0.15, 0.2) is 439 Å². The van der Waals surface area contributed by atoms with Gasteiger partial charge in [-0.3, -0.25) is 18.7 Å². The molecule has 8 aromatic heterocycles. The topological polar surface area (TPSA) is 199 Å². The van der Waals surface area contributed by atoms with Gasteiger partial charge < -0.3 is 29.0 Å². The largest absolute Gasteiger partial charge is 0.429 e. The number of aryl methyl sites for hydroxylation is 2. The van der Waals surface area contributed by atoms with E-state index in [2.05, 4.69) is 369 Å². The van der Waals surface area contributed by atoms with Gasteiger partial charge in [0.25, 0.3) is 12.9 Å². The fraction of sp³-hybridized carbons (Fsp3) is 0.113. The monoisotopic (exact) mass is 2100 g/mol. The van der Waals surface area contributed by atoms with Crippen molar-refractivity contribution in [3.05, 3.63) is 483 Å². The quantitative estimate of drug-likeness (QED) is 0.0208. The third kappa shape index (κ3) is 25.6. The van der Waals surface area contributed by atoms with Crippen LogP contribution in [0.2, 0.25) is 0 Å². The summed E-state index contributed by atoms with van der Waals surface area (Å²) in [6.45, 7) is 2.94. The van der Waals surface area contributed by atoms with E-state index in [0.717, 1.165) is 115 Å². The molecule has 726 valence electrons. The minimum atomic E-state index is -4.03. The molecule has 143 heavy (non-hydrogen) atoms. The maximum atomic E-state index is 11.2. The highest BCUT2D eigenvalue weighted by Gasteiger charge is 2.46. The number of hydrogen-bond donors (Lipinski definition) is 4. The maximum Gasteiger partial charge on any atom is 0.331 e. The second-order valence-electron chi connectivity index (χ2n) is 34.5. The second kappa shape index (κ2) is 49.8. The number of nitrogens with zero attached hydrogens (tertiary/aromatic N) is 8. The summed E-state index contributed by atoms with van der Waals surface area (Å²) < 4.78 is 48.9. The highest BCUT2D eigenvalue weighted by Crippen LogP contribution is 2.56. The molecule has 0 unspecified atom stereocenters. The van der Waals surface area contributed by atoms with Crippen LogP contribution in [0.4, 0.5) is 0 Å². The fourth-order valence-corrected chi connectivity index (χ4v) is 19.9. The molecular formula is C115H108Cl8N8O10P2+8. The van der Waals surface area contributed by atoms with Gasteiger partial charge in [0.05, 0.1) is 5.41 Å². The van der Waals surface area contributed by atoms with Gasteiger partial charge >= 0.3 is 15.2 Å². The summed E-state index contributed by atoms with van der Waals surface area (Å²) in [5, 5.41) is 0. The first kappa shape index (κ1) is 110. The van der Waals surface area contributed by atoms with Gasteiger partial charge in [0.1, 0.15) is 23.8 Å². The predicted octanol–water partition coefficient (Wildman–Crippen LogP) is 22.1. The minimum absolute atomic E-state index is 0. The van der Waals surface area contributed by atoms with Crippen LogP contribution < -0.4 is 46.0 Å². The number of carbonyl (C=O) groups excluding carboxylic acids is 2. The molecule has 0 radical (unpaired) electrons. The normalized spacial score (nSPS) is 12.3. The molecule has 1 saturated carbocycles. The van der Waals surface area contributed by atoms with Crippen molar-refractivity contribution in [2.45, 2.75) is 69.1 Å². The summed E-state index contributed by atoms with van der Waals surface area (Å²) in [5.41, 5.74) is 29.5. The van der Waals surface area contributed by atoms with Gasteiger partial charge in [-0.15, -0.1) is 99.3 Å². The van der Waals surface area contributed by atoms with Crippen molar-refractivity contribution in [1.82, 2.24) is 0 Å². The summed E-state index contributed by atoms with van der Waals surface area (Å²) in [6, 6.07) is 120. The average molecular weight is 2110 g/mol. The Hall–Kier alpha value is -13.0. The molecular weight excluding hydrogens is 2000 g/mol. The van der Waals surface area contributed by atoms with Crippen LogP contribution >= 0.6 is 114 Å². The SMILES string of the molecule is Cl.Cl.Cl.Cl.Cl.Cl.Cl.Cl.O=COc1ccc(-c2ccc(C[n+]3ccc(-c4cc[n+](-c5ccc(C6(c7ccc(-[n+]8ccc(-c9cc[n+](Cc%10ccc(-c%11ccc(OC=O)cc%11)cc%10)cc9)cc8)cc7)c7ccccc7-c7ccccc76)cc5)cc4)cc3)cc2)cc1.O=P(O)(O)CC[n+]1ccc(-c2cc[n+](-c3ccc(C4(c5ccc(-[n+]6ccc(-c7cc[n+](CCP(=O)(O)O)cc7)cc6)cc5)CCCCC4)cc3)cc2)cc1. The van der Waals surface area contributed by atoms with Crippen LogP contribution in [0.5, 0.6) is 11.5 Å². The Labute approximate surface area is 881 Å². The number of fused-ring (bicyclic) bond motifs is 3. The lowest BCUT2D eigenvalue weighted by molar-refractivity contribution is -0.692. The summed E-state index contributed by atoms with van der Waals surface area (Å²) in [6.07, 6.45) is 38.3. The van der Waals surface area contributed by atoms with Crippen molar-refractivity contribution in [2.75, 3.05) is 12.3 Å². The maximum absolute atomic E-state index is 11.2. The van der Waals surface area contributed by atoms with Gasteiger partial charge in [-0.05, 0) is 148 Å². The number of carbonyl (C=O) groups is 2. The Bertz CT molecular complexity index is 6890. The molecule has 0 saturated heterocycles. The van der Waals surface area contributed by atoms with E-state index in [-0.39, 0.29) is 130 Å². The zero-order chi connectivity index (χ0) is 92.3. The molecule has 8 heterocycles. The van der Waals surface area contributed by atoms with Gasteiger partial charge in [0.2, 0.25) is 22.7 Å². The number of benzene rings is 10. The third-order valence-corrected chi connectivity index (χ3v) is 27.8. The van der Waals surface area contributed by atoms with Crippen LogP contribution in [0.1, 0.15) is 76.6 Å². The molecule has 0 amide bonds. The lowest BCUT2D eigenvalue weighted by atomic mass is 9.65. The summed E-state index contributed by atoms with van der Waals surface area (Å²) >= 11 is 0. The molecule has 0 atom stereocenters. The van der Waals surface area contributed by atoms with Gasteiger partial charge in [0, 0.05) is 162 Å². The number of halogens is 8. The molecule has 2 aliphatic carbocycles. The van der Waals surface area contributed by atoms with Gasteiger partial charge in [0.15, 0.2) is 125 Å². The Balaban J connectivity index is 0.000000277. The Morgan fingerprint density at radius 3 is 0.748 bits per heavy atom. The van der Waals surface area contributed by atoms with E-state index in [1.54, 1.807) is 33.4 Å². The van der Waals surface area contributed by atoms with E-state index in [1.165, 1.54) is 74.9 Å². The van der Waals surface area contributed by atoms with Gasteiger partial charge in [-0.2, -0.15) is 18.3 Å². The van der Waals surface area contributed by atoms with E-state index in [9.17, 15) is 18.7 Å². The number of rotatable bonds is 28. The molecule has 28 heteroatoms. The van der Waals surface area contributed by atoms with Crippen molar-refractivity contribution in [2.24, 2.45) is 0 Å². The van der Waals surface area contributed by atoms with E-state index < -0.39 is 20.6 Å². The van der Waals surface area contributed by atoms with Crippen molar-refractivity contribution in [1.29, 1.82) is 0 Å². The lowest BCUT2D eigenvalue weighted by Crippen LogP contribution is -2.34. The van der Waals surface area contributed by atoms with Crippen LogP contribution in [0.25, 0.3) is 101 Å². The smallest absolute Gasteiger partial charge is 0.331 e. The highest BCUT2D eigenvalue weighted by molar-refractivity contribution is 7.52. The van der Waals surface area contributed by atoms with Crippen LogP contribution in [-0.2, 0) is 55.7 Å². The Kier molecular flexibility index (Phi) is 38.4. The van der Waals surface area contributed by atoms with Gasteiger partial charge in [-0.25, -0.2) is 18.3 Å². The lowest BCUT2D eigenvalue weighted by Gasteiger charge is -2.38. The molecule has 4 N–H and O–H groups in total. The molecule has 0 bridgehead atoms. The average Bonchev–Trinajstić information content (AvgIpc) is 1.54. The van der Waals surface area contributed by atoms with E-state index in [0.29, 0.717) is 24.4 Å². The molecule has 10 aromatic carbocycles. The van der Waals surface area contributed by atoms with Crippen LogP contribution in [0, 0.1) is 0 Å². The number of aromatic nitrogens is 8. The highest BCUT2D eigenvalue weighted by atomic mass is 35.5. The Morgan fingerprint density at radius 1 is 0.259 bits per heavy atom. The summed E-state index contributed by atoms with van der Waals surface area (Å²) in [5.74, 6) is 1.06. The standard InChI is InChI=1S/C73H54N4O4.C42H42N4O6P2.8ClH/c78-51-80-67-29-17-57(18-30-67)55-13-9-53(10-14-55)49-74-41-33-59(34-42-74)61-37-45-76(46-38-61)65-25-21-63(22-26-65)73(71-7-3-1-5-69(71)70-6-2-4-8-72(70)73)64-23-27-66(28-24-64)77-47-39-62(40-48-77)60-35-43-75(44-36-60)50-54-11-15-56(16-12-54)58-19-31-68(32-20-58)81-52-79;47-53(48,49)32-30-43-22-12-34(13-23-43)36-16-26-45(27-17-36)40-8-4-38(5-9-40)42(20-2-1-3-21-42)39-6-10-41(11-7-39)46-28-18-37(19-29-46)35-14-24-44(25-15-35)31-33-54(50,51)52;;;;;;;;/h1-48,51-52H,49-50H2;4-19,22-29H,1-3,20-21,30-33H2;8*1H/q+4;;;;;;;;;/p+4. The molecule has 20 rings (SSSR count). The van der Waals surface area contributed by atoms with Crippen molar-refractivity contribution in [3.8, 4) is 112 Å². The molecule has 18 aromatic rings. The summed E-state index contributed by atoms with van der Waals surface area (Å²) in [4.78, 5) is 58.0.